The molecule has 0 saturated carbocycles. The molecule has 5 aromatic rings. The maximum Gasteiger partial charge on any atom is 0.259 e. The minimum atomic E-state index is -0.257. The largest absolute Gasteiger partial charge is 0.488 e. The molecule has 0 aliphatic rings. The Labute approximate surface area is 190 Å². The summed E-state index contributed by atoms with van der Waals surface area (Å²) in [6, 6.07) is 21.0. The second-order valence-electron chi connectivity index (χ2n) is 7.74. The molecule has 2 aromatic heterocycles. The van der Waals surface area contributed by atoms with Crippen molar-refractivity contribution in [1.29, 1.82) is 0 Å². The highest BCUT2D eigenvalue weighted by Crippen LogP contribution is 2.29. The lowest BCUT2D eigenvalue weighted by molar-refractivity contribution is 0.102. The van der Waals surface area contributed by atoms with Crippen LogP contribution in [0.3, 0.4) is 0 Å². The van der Waals surface area contributed by atoms with Crippen molar-refractivity contribution in [1.82, 2.24) is 14.9 Å². The molecule has 0 bridgehead atoms. The van der Waals surface area contributed by atoms with Crippen LogP contribution in [0.15, 0.2) is 83.6 Å². The Kier molecular flexibility index (Phi) is 5.36. The average Bonchev–Trinajstić information content (AvgIpc) is 3.48. The fourth-order valence-electron chi connectivity index (χ4n) is 3.72. The van der Waals surface area contributed by atoms with E-state index in [1.165, 1.54) is 0 Å². The van der Waals surface area contributed by atoms with Gasteiger partial charge in [-0.2, -0.15) is 5.10 Å². The van der Waals surface area contributed by atoms with Crippen LogP contribution in [-0.2, 0) is 6.61 Å². The third kappa shape index (κ3) is 4.21. The normalized spacial score (nSPS) is 11.0. The molecule has 0 radical (unpaired) electrons. The Morgan fingerprint density at radius 1 is 1.03 bits per heavy atom. The monoisotopic (exact) mass is 438 g/mol. The number of benzene rings is 3. The Hall–Kier alpha value is -4.39. The van der Waals surface area contributed by atoms with Gasteiger partial charge in [-0.15, -0.1) is 0 Å². The molecule has 0 fully saturated rings. The maximum atomic E-state index is 13.3. The quantitative estimate of drug-likeness (QED) is 0.381. The number of nitrogens with zero attached hydrogens (tertiary/aromatic N) is 3. The number of anilines is 1. The van der Waals surface area contributed by atoms with Crippen molar-refractivity contribution < 1.29 is 14.1 Å². The molecule has 0 unspecified atom stereocenters. The molecule has 1 amide bonds. The van der Waals surface area contributed by atoms with Gasteiger partial charge in [0.2, 0.25) is 0 Å². The maximum absolute atomic E-state index is 13.3. The Morgan fingerprint density at radius 3 is 2.58 bits per heavy atom. The van der Waals surface area contributed by atoms with E-state index in [1.54, 1.807) is 10.9 Å². The lowest BCUT2D eigenvalue weighted by Gasteiger charge is -2.14. The molecule has 0 saturated heterocycles. The van der Waals surface area contributed by atoms with Crippen molar-refractivity contribution in [2.45, 2.75) is 20.5 Å². The summed E-state index contributed by atoms with van der Waals surface area (Å²) in [4.78, 5) is 13.3. The number of aryl methyl sites for hydroxylation is 2. The Balaban J connectivity index is 1.46. The van der Waals surface area contributed by atoms with Gasteiger partial charge >= 0.3 is 0 Å². The molecule has 3 aromatic carbocycles. The summed E-state index contributed by atoms with van der Waals surface area (Å²) < 4.78 is 13.1. The van der Waals surface area contributed by atoms with Crippen molar-refractivity contribution in [3.05, 3.63) is 102 Å². The second kappa shape index (κ2) is 8.63. The number of carbonyl (C=O) groups excluding carboxylic acids is 1. The van der Waals surface area contributed by atoms with Gasteiger partial charge in [0.1, 0.15) is 18.1 Å². The molecule has 7 heteroatoms. The van der Waals surface area contributed by atoms with Crippen LogP contribution in [0.5, 0.6) is 5.75 Å². The van der Waals surface area contributed by atoms with Gasteiger partial charge in [-0.3, -0.25) is 4.79 Å². The van der Waals surface area contributed by atoms with Crippen LogP contribution in [0, 0.1) is 13.8 Å². The van der Waals surface area contributed by atoms with E-state index < -0.39 is 0 Å². The van der Waals surface area contributed by atoms with Crippen molar-refractivity contribution in [2.75, 3.05) is 5.32 Å². The first kappa shape index (κ1) is 20.5. The molecule has 0 spiro atoms. The average molecular weight is 438 g/mol. The zero-order valence-corrected chi connectivity index (χ0v) is 18.3. The number of fused-ring (bicyclic) bond motifs is 1. The zero-order valence-electron chi connectivity index (χ0n) is 18.3. The second-order valence-corrected chi connectivity index (χ2v) is 7.74. The van der Waals surface area contributed by atoms with Crippen LogP contribution in [0.2, 0.25) is 0 Å². The van der Waals surface area contributed by atoms with Crippen molar-refractivity contribution in [3.8, 4) is 11.4 Å². The molecule has 0 aliphatic heterocycles. The number of ether oxygens (including phenoxy) is 1. The standard InChI is InChI=1S/C26H22N4O3/c1-17-24(18(2)33-29-17)16-32-25-14-20-8-4-3-7-19(20)13-23(25)26(31)28-21-9-5-10-22(15-21)30-12-6-11-27-30/h3-15H,16H2,1-2H3,(H,28,31). The predicted octanol–water partition coefficient (Wildman–Crippen LogP) is 5.46. The molecular weight excluding hydrogens is 416 g/mol. The first-order valence-corrected chi connectivity index (χ1v) is 10.6. The minimum absolute atomic E-state index is 0.257. The lowest BCUT2D eigenvalue weighted by Crippen LogP contribution is -2.14. The summed E-state index contributed by atoms with van der Waals surface area (Å²) in [7, 11) is 0. The van der Waals surface area contributed by atoms with E-state index in [0.717, 1.165) is 27.7 Å². The molecule has 1 N–H and O–H groups in total. The highest BCUT2D eigenvalue weighted by Gasteiger charge is 2.17. The predicted molar refractivity (Wildman–Crippen MR) is 126 cm³/mol. The van der Waals surface area contributed by atoms with Crippen molar-refractivity contribution in [2.24, 2.45) is 0 Å². The number of nitrogens with one attached hydrogen (secondary N) is 1. The SMILES string of the molecule is Cc1noc(C)c1COc1cc2ccccc2cc1C(=O)Nc1cccc(-n2cccn2)c1. The third-order valence-electron chi connectivity index (χ3n) is 5.52. The summed E-state index contributed by atoms with van der Waals surface area (Å²) in [5.74, 6) is 0.941. The molecular formula is C26H22N4O3. The highest BCUT2D eigenvalue weighted by molar-refractivity contribution is 6.08. The first-order chi connectivity index (χ1) is 16.1. The summed E-state index contributed by atoms with van der Waals surface area (Å²) in [6.07, 6.45) is 3.56. The first-order valence-electron chi connectivity index (χ1n) is 10.6. The Morgan fingerprint density at radius 2 is 1.85 bits per heavy atom. The summed E-state index contributed by atoms with van der Waals surface area (Å²) in [6.45, 7) is 3.98. The molecule has 2 heterocycles. The molecule has 7 nitrogen and oxygen atoms in total. The molecule has 33 heavy (non-hydrogen) atoms. The number of aromatic nitrogens is 3. The van der Waals surface area contributed by atoms with Gasteiger partial charge < -0.3 is 14.6 Å². The fourth-order valence-corrected chi connectivity index (χ4v) is 3.72. The van der Waals surface area contributed by atoms with Crippen molar-refractivity contribution >= 4 is 22.4 Å². The van der Waals surface area contributed by atoms with E-state index in [4.69, 9.17) is 9.26 Å². The minimum Gasteiger partial charge on any atom is -0.488 e. The van der Waals surface area contributed by atoms with Gasteiger partial charge in [0.15, 0.2) is 0 Å². The van der Waals surface area contributed by atoms with Crippen LogP contribution in [0.1, 0.15) is 27.4 Å². The van der Waals surface area contributed by atoms with Crippen molar-refractivity contribution in [3.63, 3.8) is 0 Å². The van der Waals surface area contributed by atoms with E-state index in [-0.39, 0.29) is 12.5 Å². The number of rotatable bonds is 6. The topological polar surface area (TPSA) is 82.2 Å². The summed E-state index contributed by atoms with van der Waals surface area (Å²) >= 11 is 0. The van der Waals surface area contributed by atoms with E-state index >= 15 is 0 Å². The van der Waals surface area contributed by atoms with E-state index in [1.807, 2.05) is 86.8 Å². The van der Waals surface area contributed by atoms with E-state index in [0.29, 0.717) is 22.8 Å². The van der Waals surface area contributed by atoms with Gasteiger partial charge in [-0.1, -0.05) is 35.5 Å². The molecule has 164 valence electrons. The molecule has 0 aliphatic carbocycles. The van der Waals surface area contributed by atoms with Crippen LogP contribution >= 0.6 is 0 Å². The van der Waals surface area contributed by atoms with Gasteiger partial charge in [-0.05, 0) is 61.0 Å². The van der Waals surface area contributed by atoms with Gasteiger partial charge in [-0.25, -0.2) is 4.68 Å². The summed E-state index contributed by atoms with van der Waals surface area (Å²) in [5.41, 5.74) is 3.62. The van der Waals surface area contributed by atoms with Crippen LogP contribution in [0.4, 0.5) is 5.69 Å². The molecule has 5 rings (SSSR count). The highest BCUT2D eigenvalue weighted by atomic mass is 16.5. The summed E-state index contributed by atoms with van der Waals surface area (Å²) in [5, 5.41) is 13.2. The van der Waals surface area contributed by atoms with Gasteiger partial charge in [0.05, 0.1) is 22.5 Å². The third-order valence-corrected chi connectivity index (χ3v) is 5.52. The van der Waals surface area contributed by atoms with Gasteiger partial charge in [0, 0.05) is 18.1 Å². The van der Waals surface area contributed by atoms with Gasteiger partial charge in [0.25, 0.3) is 5.91 Å². The number of hydrogen-bond acceptors (Lipinski definition) is 5. The van der Waals surface area contributed by atoms with E-state index in [9.17, 15) is 4.79 Å². The number of amides is 1. The Bertz CT molecular complexity index is 1420. The lowest BCUT2D eigenvalue weighted by atomic mass is 10.0. The van der Waals surface area contributed by atoms with E-state index in [2.05, 4.69) is 15.6 Å². The fraction of sp³-hybridized carbons (Fsp3) is 0.115. The zero-order chi connectivity index (χ0) is 22.8. The number of hydrogen-bond donors (Lipinski definition) is 1. The van der Waals surface area contributed by atoms with Crippen LogP contribution in [0.25, 0.3) is 16.5 Å². The smallest absolute Gasteiger partial charge is 0.259 e. The van der Waals surface area contributed by atoms with Crippen LogP contribution in [-0.4, -0.2) is 20.8 Å². The number of carbonyl (C=O) groups is 1. The molecule has 0 atom stereocenters. The van der Waals surface area contributed by atoms with Crippen LogP contribution < -0.4 is 10.1 Å².